The molecule has 5 heterocycles. The molecule has 1 N–H and O–H groups in total. The van der Waals surface area contributed by atoms with Gasteiger partial charge in [-0.05, 0) is 63.0 Å². The second kappa shape index (κ2) is 12.2. The summed E-state index contributed by atoms with van der Waals surface area (Å²) < 4.78 is 27.7. The summed E-state index contributed by atoms with van der Waals surface area (Å²) in [6.45, 7) is 4.90. The first-order valence-electron chi connectivity index (χ1n) is 14.2. The van der Waals surface area contributed by atoms with E-state index in [1.54, 1.807) is 25.1 Å². The van der Waals surface area contributed by atoms with Gasteiger partial charge in [0.25, 0.3) is 5.56 Å². The van der Waals surface area contributed by atoms with Gasteiger partial charge in [0.1, 0.15) is 28.0 Å². The molecule has 2 aliphatic rings. The summed E-state index contributed by atoms with van der Waals surface area (Å²) in [4.78, 5) is 37.1. The highest BCUT2D eigenvalue weighted by molar-refractivity contribution is 7.20. The average Bonchev–Trinajstić information content (AvgIpc) is 3.33. The number of hydrogen-bond donors (Lipinski definition) is 1. The molecule has 4 aromatic rings. The van der Waals surface area contributed by atoms with Crippen molar-refractivity contribution in [3.63, 3.8) is 0 Å². The van der Waals surface area contributed by atoms with Crippen LogP contribution in [0.15, 0.2) is 41.2 Å². The highest BCUT2D eigenvalue weighted by Gasteiger charge is 2.28. The van der Waals surface area contributed by atoms with Crippen molar-refractivity contribution in [2.45, 2.75) is 57.9 Å². The van der Waals surface area contributed by atoms with Gasteiger partial charge in [0, 0.05) is 29.8 Å². The van der Waals surface area contributed by atoms with Gasteiger partial charge < -0.3 is 19.1 Å². The molecular weight excluding hydrogens is 573 g/mol. The summed E-state index contributed by atoms with van der Waals surface area (Å²) in [5, 5.41) is 19.0. The van der Waals surface area contributed by atoms with E-state index in [0.29, 0.717) is 52.7 Å². The fourth-order valence-corrected chi connectivity index (χ4v) is 6.82. The lowest BCUT2D eigenvalue weighted by molar-refractivity contribution is -0.0593. The Balaban J connectivity index is 1.14. The van der Waals surface area contributed by atoms with Crippen LogP contribution in [0.3, 0.4) is 0 Å². The van der Waals surface area contributed by atoms with Gasteiger partial charge in [-0.1, -0.05) is 12.1 Å². The van der Waals surface area contributed by atoms with Gasteiger partial charge in [0.05, 0.1) is 36.2 Å². The van der Waals surface area contributed by atoms with E-state index in [0.717, 1.165) is 49.4 Å². The number of piperidine rings is 1. The fraction of sp³-hybridized carbons (Fsp3) is 0.387. The summed E-state index contributed by atoms with van der Waals surface area (Å²) >= 11 is 1.12. The number of aromatic carboxylic acids is 1. The van der Waals surface area contributed by atoms with Crippen LogP contribution in [0.1, 0.15) is 63.1 Å². The number of hydrogen-bond acceptors (Lipinski definition) is 9. The SMILES string of the molecule is Cc1c(C(=O)O)sc2c1c(=O)nc(CN1CCC(c3cccc(OCc4ccc(C#N)cc4F)n3)CC1)n2CC1CCO1. The number of ether oxygens (including phenoxy) is 2. The maximum Gasteiger partial charge on any atom is 0.346 e. The highest BCUT2D eigenvalue weighted by Crippen LogP contribution is 2.32. The first kappa shape index (κ1) is 28.9. The largest absolute Gasteiger partial charge is 0.477 e. The Labute approximate surface area is 250 Å². The van der Waals surface area contributed by atoms with E-state index in [1.807, 2.05) is 22.8 Å². The van der Waals surface area contributed by atoms with Gasteiger partial charge in [-0.25, -0.2) is 14.2 Å². The number of pyridine rings is 1. The zero-order chi connectivity index (χ0) is 30.1. The zero-order valence-electron chi connectivity index (χ0n) is 23.6. The number of thiophene rings is 1. The fourth-order valence-electron chi connectivity index (χ4n) is 5.65. The molecule has 2 aliphatic heterocycles. The normalized spacial score (nSPS) is 17.5. The van der Waals surface area contributed by atoms with Crippen molar-refractivity contribution in [1.29, 1.82) is 5.26 Å². The Morgan fingerprint density at radius 3 is 2.70 bits per heavy atom. The number of rotatable bonds is 9. The summed E-state index contributed by atoms with van der Waals surface area (Å²) in [6.07, 6.45) is 2.62. The number of aryl methyl sites for hydroxylation is 1. The average molecular weight is 604 g/mol. The zero-order valence-corrected chi connectivity index (χ0v) is 24.4. The summed E-state index contributed by atoms with van der Waals surface area (Å²) in [6, 6.07) is 11.8. The lowest BCUT2D eigenvalue weighted by Crippen LogP contribution is -2.37. The van der Waals surface area contributed by atoms with Crippen molar-refractivity contribution in [1.82, 2.24) is 19.4 Å². The van der Waals surface area contributed by atoms with Crippen molar-refractivity contribution in [2.24, 2.45) is 0 Å². The number of carboxylic acids is 1. The number of nitrogens with zero attached hydrogens (tertiary/aromatic N) is 5. The molecule has 1 unspecified atom stereocenters. The second-order valence-electron chi connectivity index (χ2n) is 10.9. The molecule has 0 radical (unpaired) electrons. The minimum atomic E-state index is -1.04. The molecule has 0 spiro atoms. The molecule has 0 bridgehead atoms. The van der Waals surface area contributed by atoms with E-state index in [1.165, 1.54) is 6.07 Å². The van der Waals surface area contributed by atoms with Crippen molar-refractivity contribution in [3.05, 3.63) is 85.7 Å². The van der Waals surface area contributed by atoms with Crippen molar-refractivity contribution in [2.75, 3.05) is 19.7 Å². The molecule has 10 nitrogen and oxygen atoms in total. The molecule has 0 amide bonds. The Morgan fingerprint density at radius 2 is 2.02 bits per heavy atom. The van der Waals surface area contributed by atoms with Crippen LogP contribution in [0.4, 0.5) is 4.39 Å². The number of fused-ring (bicyclic) bond motifs is 1. The summed E-state index contributed by atoms with van der Waals surface area (Å²) in [5.74, 6) is -0.287. The monoisotopic (exact) mass is 603 g/mol. The van der Waals surface area contributed by atoms with E-state index in [2.05, 4.69) is 14.9 Å². The Bertz CT molecular complexity index is 1790. The molecule has 1 aromatic carbocycles. The lowest BCUT2D eigenvalue weighted by atomic mass is 9.93. The van der Waals surface area contributed by atoms with Crippen LogP contribution in [0.25, 0.3) is 10.2 Å². The van der Waals surface area contributed by atoms with Crippen LogP contribution in [-0.2, 0) is 24.4 Å². The Hall–Kier alpha value is -4.18. The van der Waals surface area contributed by atoms with Crippen molar-refractivity contribution in [3.8, 4) is 11.9 Å². The molecule has 12 heteroatoms. The first-order chi connectivity index (χ1) is 20.8. The Morgan fingerprint density at radius 1 is 1.23 bits per heavy atom. The number of nitriles is 1. The topological polar surface area (TPSA) is 131 Å². The molecule has 0 aliphatic carbocycles. The van der Waals surface area contributed by atoms with E-state index in [9.17, 15) is 19.1 Å². The maximum atomic E-state index is 14.3. The third-order valence-corrected chi connectivity index (χ3v) is 9.48. The van der Waals surface area contributed by atoms with Gasteiger partial charge in [0.2, 0.25) is 5.88 Å². The van der Waals surface area contributed by atoms with E-state index in [4.69, 9.17) is 14.7 Å². The molecule has 6 rings (SSSR count). The second-order valence-corrected chi connectivity index (χ2v) is 11.9. The van der Waals surface area contributed by atoms with Crippen LogP contribution < -0.4 is 10.3 Å². The first-order valence-corrected chi connectivity index (χ1v) is 15.0. The van der Waals surface area contributed by atoms with Crippen LogP contribution >= 0.6 is 11.3 Å². The van der Waals surface area contributed by atoms with Gasteiger partial charge in [-0.3, -0.25) is 9.69 Å². The van der Waals surface area contributed by atoms with Crippen molar-refractivity contribution < 1.29 is 23.8 Å². The van der Waals surface area contributed by atoms with E-state index < -0.39 is 17.3 Å². The predicted molar refractivity (Wildman–Crippen MR) is 157 cm³/mol. The standard InChI is InChI=1S/C31H30FN5O5S/c1-18-27-29(38)35-25(37(15-22-9-12-41-22)30(27)43-28(18)31(39)40)16-36-10-7-20(8-11-36)24-3-2-4-26(34-24)42-17-21-6-5-19(14-33)13-23(21)32/h2-6,13,20,22H,7-12,15-17H2,1H3,(H,39,40). The van der Waals surface area contributed by atoms with Gasteiger partial charge in [0.15, 0.2) is 0 Å². The van der Waals surface area contributed by atoms with E-state index >= 15 is 0 Å². The smallest absolute Gasteiger partial charge is 0.346 e. The number of benzene rings is 1. The maximum absolute atomic E-state index is 14.3. The summed E-state index contributed by atoms with van der Waals surface area (Å²) in [5.41, 5.74) is 1.58. The number of carbonyl (C=O) groups is 1. The predicted octanol–water partition coefficient (Wildman–Crippen LogP) is 4.62. The number of carboxylic acid groups (broad SMARTS) is 1. The number of halogens is 1. The van der Waals surface area contributed by atoms with Crippen LogP contribution in [0, 0.1) is 24.1 Å². The quantitative estimate of drug-likeness (QED) is 0.291. The molecule has 1 atom stereocenters. The van der Waals surface area contributed by atoms with E-state index in [-0.39, 0.29) is 29.1 Å². The third-order valence-electron chi connectivity index (χ3n) is 8.18. The molecule has 222 valence electrons. The number of likely N-dealkylation sites (tertiary alicyclic amines) is 1. The van der Waals surface area contributed by atoms with Gasteiger partial charge in [-0.15, -0.1) is 11.3 Å². The minimum absolute atomic E-state index is 0.00903. The summed E-state index contributed by atoms with van der Waals surface area (Å²) in [7, 11) is 0. The molecule has 43 heavy (non-hydrogen) atoms. The molecule has 2 saturated heterocycles. The molecule has 3 aromatic heterocycles. The van der Waals surface area contributed by atoms with Crippen LogP contribution in [0.5, 0.6) is 5.88 Å². The minimum Gasteiger partial charge on any atom is -0.477 e. The van der Waals surface area contributed by atoms with Crippen molar-refractivity contribution >= 4 is 27.5 Å². The van der Waals surface area contributed by atoms with Gasteiger partial charge >= 0.3 is 5.97 Å². The highest BCUT2D eigenvalue weighted by atomic mass is 32.1. The third kappa shape index (κ3) is 6.01. The van der Waals surface area contributed by atoms with Gasteiger partial charge in [-0.2, -0.15) is 10.2 Å². The molecular formula is C31H30FN5O5S. The van der Waals surface area contributed by atoms with Crippen LogP contribution in [0.2, 0.25) is 0 Å². The number of aromatic nitrogens is 3. The lowest BCUT2D eigenvalue weighted by Gasteiger charge is -2.33. The molecule has 2 fully saturated rings. The Kier molecular flexibility index (Phi) is 8.21. The molecule has 0 saturated carbocycles. The van der Waals surface area contributed by atoms with Crippen LogP contribution in [-0.4, -0.2) is 56.3 Å².